The Morgan fingerprint density at radius 1 is 1.42 bits per heavy atom. The molecule has 1 saturated heterocycles. The molecule has 1 aromatic rings. The number of nitrogens with one attached hydrogen (secondary N) is 1. The lowest BCUT2D eigenvalue weighted by Crippen LogP contribution is -2.31. The van der Waals surface area contributed by atoms with Crippen molar-refractivity contribution in [3.8, 4) is 11.5 Å². The minimum atomic E-state index is -3.06. The molecule has 24 heavy (non-hydrogen) atoms. The van der Waals surface area contributed by atoms with Crippen LogP contribution in [0.3, 0.4) is 0 Å². The Bertz CT molecular complexity index is 744. The van der Waals surface area contributed by atoms with Gasteiger partial charge in [0.25, 0.3) is 0 Å². The van der Waals surface area contributed by atoms with Crippen molar-refractivity contribution in [2.24, 2.45) is 5.92 Å². The maximum Gasteiger partial charge on any atom is 0.224 e. The average Bonchev–Trinajstić information content (AvgIpc) is 3.05. The minimum absolute atomic E-state index is 0.0536. The Kier molecular flexibility index (Phi) is 4.71. The normalized spacial score (nSPS) is 24.2. The number of ether oxygens (including phenoxy) is 2. The van der Waals surface area contributed by atoms with Gasteiger partial charge in [0.2, 0.25) is 5.91 Å². The van der Waals surface area contributed by atoms with E-state index in [4.69, 9.17) is 9.47 Å². The van der Waals surface area contributed by atoms with E-state index in [-0.39, 0.29) is 23.5 Å². The number of amides is 1. The van der Waals surface area contributed by atoms with E-state index >= 15 is 0 Å². The molecule has 0 aromatic heterocycles. The molecule has 2 atom stereocenters. The Morgan fingerprint density at radius 3 is 2.88 bits per heavy atom. The third-order valence-electron chi connectivity index (χ3n) is 4.44. The van der Waals surface area contributed by atoms with Crippen LogP contribution in [0.1, 0.15) is 31.4 Å². The first kappa shape index (κ1) is 17.1. The number of carbonyl (C=O) groups is 1. The fourth-order valence-electron chi connectivity index (χ4n) is 3.24. The third-order valence-corrected chi connectivity index (χ3v) is 6.20. The van der Waals surface area contributed by atoms with Gasteiger partial charge in [-0.2, -0.15) is 0 Å². The smallest absolute Gasteiger partial charge is 0.224 e. The summed E-state index contributed by atoms with van der Waals surface area (Å²) in [6.45, 7) is 4.77. The topological polar surface area (TPSA) is 81.7 Å². The Morgan fingerprint density at radius 2 is 2.21 bits per heavy atom. The highest BCUT2D eigenvalue weighted by molar-refractivity contribution is 7.91. The van der Waals surface area contributed by atoms with Crippen LogP contribution < -0.4 is 14.8 Å². The second-order valence-corrected chi connectivity index (χ2v) is 8.68. The molecular weight excluding hydrogens is 330 g/mol. The zero-order chi connectivity index (χ0) is 17.3. The van der Waals surface area contributed by atoms with E-state index in [0.717, 1.165) is 29.0 Å². The molecule has 1 amide bonds. The van der Waals surface area contributed by atoms with Gasteiger partial charge in [0, 0.05) is 24.1 Å². The van der Waals surface area contributed by atoms with Crippen molar-refractivity contribution >= 4 is 15.7 Å². The van der Waals surface area contributed by atoms with Crippen molar-refractivity contribution < 1.29 is 22.7 Å². The SMILES string of the molecule is CCOc1cc2c(cc1CNC(=O)[C@@H]1CCS(=O)(=O)C1)O[C@H](C)C2. The number of fused-ring (bicyclic) bond motifs is 1. The molecule has 0 saturated carbocycles. The van der Waals surface area contributed by atoms with Gasteiger partial charge in [0.1, 0.15) is 17.6 Å². The molecule has 6 nitrogen and oxygen atoms in total. The van der Waals surface area contributed by atoms with E-state index in [0.29, 0.717) is 19.6 Å². The molecule has 0 aliphatic carbocycles. The van der Waals surface area contributed by atoms with Crippen molar-refractivity contribution in [3.63, 3.8) is 0 Å². The van der Waals surface area contributed by atoms with Gasteiger partial charge in [-0.15, -0.1) is 0 Å². The maximum absolute atomic E-state index is 12.2. The zero-order valence-corrected chi connectivity index (χ0v) is 14.8. The number of hydrogen-bond acceptors (Lipinski definition) is 5. The zero-order valence-electron chi connectivity index (χ0n) is 14.0. The molecule has 0 bridgehead atoms. The highest BCUT2D eigenvalue weighted by atomic mass is 32.2. The van der Waals surface area contributed by atoms with Gasteiger partial charge in [0.05, 0.1) is 24.0 Å². The van der Waals surface area contributed by atoms with E-state index in [9.17, 15) is 13.2 Å². The van der Waals surface area contributed by atoms with E-state index in [2.05, 4.69) is 5.32 Å². The van der Waals surface area contributed by atoms with E-state index in [1.165, 1.54) is 0 Å². The third kappa shape index (κ3) is 3.66. The summed E-state index contributed by atoms with van der Waals surface area (Å²) in [5.41, 5.74) is 1.96. The highest BCUT2D eigenvalue weighted by Crippen LogP contribution is 2.35. The molecule has 2 aliphatic rings. The molecule has 0 radical (unpaired) electrons. The molecule has 1 aromatic carbocycles. The Balaban J connectivity index is 1.70. The fourth-order valence-corrected chi connectivity index (χ4v) is 4.98. The monoisotopic (exact) mass is 353 g/mol. The van der Waals surface area contributed by atoms with Crippen LogP contribution >= 0.6 is 0 Å². The predicted molar refractivity (Wildman–Crippen MR) is 90.0 cm³/mol. The standard InChI is InChI=1S/C17H23NO5S/c1-3-22-15-7-13-6-11(2)23-16(13)8-14(15)9-18-17(19)12-4-5-24(20,21)10-12/h7-8,11-12H,3-6,9-10H2,1-2H3,(H,18,19)/t11-,12-/m1/s1. The average molecular weight is 353 g/mol. The van der Waals surface area contributed by atoms with Gasteiger partial charge in [0.15, 0.2) is 9.84 Å². The first-order valence-corrected chi connectivity index (χ1v) is 10.1. The summed E-state index contributed by atoms with van der Waals surface area (Å²) >= 11 is 0. The highest BCUT2D eigenvalue weighted by Gasteiger charge is 2.33. The lowest BCUT2D eigenvalue weighted by Gasteiger charge is -2.14. The molecule has 3 rings (SSSR count). The van der Waals surface area contributed by atoms with E-state index in [1.54, 1.807) is 0 Å². The molecule has 132 valence electrons. The van der Waals surface area contributed by atoms with Gasteiger partial charge in [-0.1, -0.05) is 0 Å². The lowest BCUT2D eigenvalue weighted by molar-refractivity contribution is -0.124. The first-order valence-electron chi connectivity index (χ1n) is 8.31. The molecule has 2 aliphatic heterocycles. The van der Waals surface area contributed by atoms with E-state index < -0.39 is 15.8 Å². The lowest BCUT2D eigenvalue weighted by atomic mass is 10.1. The van der Waals surface area contributed by atoms with Crippen LogP contribution in [0.4, 0.5) is 0 Å². The minimum Gasteiger partial charge on any atom is -0.494 e. The molecular formula is C17H23NO5S. The predicted octanol–water partition coefficient (Wildman–Crippen LogP) is 1.46. The van der Waals surface area contributed by atoms with Crippen LogP contribution in [-0.4, -0.2) is 38.5 Å². The second-order valence-electron chi connectivity index (χ2n) is 6.45. The summed E-state index contributed by atoms with van der Waals surface area (Å²) in [6, 6.07) is 3.89. The summed E-state index contributed by atoms with van der Waals surface area (Å²) in [4.78, 5) is 12.2. The van der Waals surface area contributed by atoms with Crippen molar-refractivity contribution in [2.45, 2.75) is 39.3 Å². The van der Waals surface area contributed by atoms with Crippen LogP contribution in [0.15, 0.2) is 12.1 Å². The Hall–Kier alpha value is -1.76. The van der Waals surface area contributed by atoms with Crippen molar-refractivity contribution in [1.29, 1.82) is 0 Å². The fraction of sp³-hybridized carbons (Fsp3) is 0.588. The van der Waals surface area contributed by atoms with Gasteiger partial charge >= 0.3 is 0 Å². The molecule has 2 heterocycles. The number of benzene rings is 1. The van der Waals surface area contributed by atoms with Gasteiger partial charge in [-0.05, 0) is 32.4 Å². The number of sulfone groups is 1. The van der Waals surface area contributed by atoms with Crippen LogP contribution in [0.5, 0.6) is 11.5 Å². The number of rotatable bonds is 5. The molecule has 0 unspecified atom stereocenters. The molecule has 1 N–H and O–H groups in total. The van der Waals surface area contributed by atoms with Gasteiger partial charge in [-0.3, -0.25) is 4.79 Å². The summed E-state index contributed by atoms with van der Waals surface area (Å²) < 4.78 is 34.5. The van der Waals surface area contributed by atoms with E-state index in [1.807, 2.05) is 26.0 Å². The second kappa shape index (κ2) is 6.63. The van der Waals surface area contributed by atoms with Crippen molar-refractivity contribution in [3.05, 3.63) is 23.3 Å². The summed E-state index contributed by atoms with van der Waals surface area (Å²) in [5.74, 6) is 0.957. The number of hydrogen-bond donors (Lipinski definition) is 1. The van der Waals surface area contributed by atoms with Crippen LogP contribution in [-0.2, 0) is 27.6 Å². The van der Waals surface area contributed by atoms with Crippen molar-refractivity contribution in [1.82, 2.24) is 5.32 Å². The quantitative estimate of drug-likeness (QED) is 0.867. The molecule has 1 fully saturated rings. The summed E-state index contributed by atoms with van der Waals surface area (Å²) in [7, 11) is -3.06. The first-order chi connectivity index (χ1) is 11.4. The van der Waals surface area contributed by atoms with Crippen molar-refractivity contribution in [2.75, 3.05) is 18.1 Å². The molecule has 0 spiro atoms. The van der Waals surface area contributed by atoms with Crippen LogP contribution in [0.25, 0.3) is 0 Å². The number of carbonyl (C=O) groups excluding carboxylic acids is 1. The maximum atomic E-state index is 12.2. The summed E-state index contributed by atoms with van der Waals surface area (Å²) in [6.07, 6.45) is 1.39. The Labute approximate surface area is 142 Å². The largest absolute Gasteiger partial charge is 0.494 e. The van der Waals surface area contributed by atoms with Gasteiger partial charge in [-0.25, -0.2) is 8.42 Å². The van der Waals surface area contributed by atoms with Crippen LogP contribution in [0.2, 0.25) is 0 Å². The summed E-state index contributed by atoms with van der Waals surface area (Å²) in [5, 5.41) is 2.84. The van der Waals surface area contributed by atoms with Gasteiger partial charge < -0.3 is 14.8 Å². The molecule has 7 heteroatoms. The van der Waals surface area contributed by atoms with Crippen LogP contribution in [0, 0.1) is 5.92 Å².